The Hall–Kier alpha value is -1.63. The molecule has 5 nitrogen and oxygen atoms in total. The van der Waals surface area contributed by atoms with Crippen LogP contribution in [0.15, 0.2) is 42.5 Å². The molecule has 3 N–H and O–H groups in total. The second kappa shape index (κ2) is 9.25. The van der Waals surface area contributed by atoms with E-state index in [1.54, 1.807) is 0 Å². The zero-order valence-corrected chi connectivity index (χ0v) is 16.8. The van der Waals surface area contributed by atoms with Crippen LogP contribution in [0.4, 0.5) is 0 Å². The number of benzene rings is 2. The molecule has 0 aliphatic heterocycles. The molecule has 1 fully saturated rings. The fourth-order valence-electron chi connectivity index (χ4n) is 3.81. The first-order valence-electron chi connectivity index (χ1n) is 9.51. The van der Waals surface area contributed by atoms with E-state index in [-0.39, 0.29) is 5.92 Å². The molecule has 6 heteroatoms. The summed E-state index contributed by atoms with van der Waals surface area (Å²) in [4.78, 5) is 0. The standard InChI is InChI=1S/C22H27ClO5/c1-3-28-16-7-4-13(5-8-16)10-15-11-14(6-9-18(15)23)17-12-19(27-2)21(25)22(26)20(17)24/h4-9,11,17,19-22,24-26H,3,10,12H2,1-2H3/t17-,19?,20-,21+,22+/m0/s1. The average molecular weight is 407 g/mol. The van der Waals surface area contributed by atoms with E-state index in [9.17, 15) is 15.3 Å². The number of aliphatic hydroxyl groups excluding tert-OH is 3. The van der Waals surface area contributed by atoms with Gasteiger partial charge < -0.3 is 24.8 Å². The van der Waals surface area contributed by atoms with E-state index in [1.165, 1.54) is 7.11 Å². The summed E-state index contributed by atoms with van der Waals surface area (Å²) in [5.74, 6) is 0.481. The highest BCUT2D eigenvalue weighted by atomic mass is 35.5. The van der Waals surface area contributed by atoms with Gasteiger partial charge in [-0.3, -0.25) is 0 Å². The maximum absolute atomic E-state index is 10.5. The zero-order valence-electron chi connectivity index (χ0n) is 16.1. The molecule has 3 rings (SSSR count). The van der Waals surface area contributed by atoms with E-state index in [1.807, 2.05) is 49.4 Å². The Morgan fingerprint density at radius 3 is 2.36 bits per heavy atom. The lowest BCUT2D eigenvalue weighted by atomic mass is 9.76. The van der Waals surface area contributed by atoms with Crippen molar-refractivity contribution in [3.8, 4) is 5.75 Å². The van der Waals surface area contributed by atoms with Crippen molar-refractivity contribution >= 4 is 11.6 Å². The molecule has 28 heavy (non-hydrogen) atoms. The maximum atomic E-state index is 10.5. The van der Waals surface area contributed by atoms with Crippen molar-refractivity contribution in [3.63, 3.8) is 0 Å². The van der Waals surface area contributed by atoms with Gasteiger partial charge in [0, 0.05) is 18.1 Å². The van der Waals surface area contributed by atoms with Crippen molar-refractivity contribution in [2.24, 2.45) is 0 Å². The molecule has 0 spiro atoms. The minimum atomic E-state index is -1.26. The molecule has 5 atom stereocenters. The van der Waals surface area contributed by atoms with Gasteiger partial charge in [-0.25, -0.2) is 0 Å². The molecular weight excluding hydrogens is 380 g/mol. The van der Waals surface area contributed by atoms with Gasteiger partial charge in [0.15, 0.2) is 0 Å². The molecule has 1 aliphatic carbocycles. The molecule has 152 valence electrons. The van der Waals surface area contributed by atoms with E-state index in [2.05, 4.69) is 0 Å². The van der Waals surface area contributed by atoms with Gasteiger partial charge in [-0.15, -0.1) is 0 Å². The second-order valence-corrected chi connectivity index (χ2v) is 7.60. The van der Waals surface area contributed by atoms with E-state index in [4.69, 9.17) is 21.1 Å². The van der Waals surface area contributed by atoms with Gasteiger partial charge in [0.05, 0.1) is 18.8 Å². The van der Waals surface area contributed by atoms with Gasteiger partial charge >= 0.3 is 0 Å². The summed E-state index contributed by atoms with van der Waals surface area (Å²) in [6, 6.07) is 13.5. The Balaban J connectivity index is 1.82. The number of hydrogen-bond acceptors (Lipinski definition) is 5. The minimum absolute atomic E-state index is 0.348. The summed E-state index contributed by atoms with van der Waals surface area (Å²) in [5, 5.41) is 31.4. The molecule has 1 unspecified atom stereocenters. The largest absolute Gasteiger partial charge is 0.494 e. The van der Waals surface area contributed by atoms with Crippen LogP contribution < -0.4 is 4.74 Å². The highest BCUT2D eigenvalue weighted by Crippen LogP contribution is 2.36. The smallest absolute Gasteiger partial charge is 0.119 e. The first-order valence-corrected chi connectivity index (χ1v) is 9.89. The molecule has 0 aromatic heterocycles. The molecule has 1 saturated carbocycles. The van der Waals surface area contributed by atoms with Crippen molar-refractivity contribution in [2.45, 2.75) is 50.1 Å². The van der Waals surface area contributed by atoms with E-state index >= 15 is 0 Å². The lowest BCUT2D eigenvalue weighted by Crippen LogP contribution is -2.53. The molecule has 0 bridgehead atoms. The number of ether oxygens (including phenoxy) is 2. The van der Waals surface area contributed by atoms with Crippen molar-refractivity contribution in [3.05, 3.63) is 64.2 Å². The Labute approximate surface area is 170 Å². The molecule has 1 aliphatic rings. The number of aliphatic hydroxyl groups is 3. The van der Waals surface area contributed by atoms with Crippen LogP contribution in [0.5, 0.6) is 5.75 Å². The monoisotopic (exact) mass is 406 g/mol. The fourth-order valence-corrected chi connectivity index (χ4v) is 3.99. The minimum Gasteiger partial charge on any atom is -0.494 e. The van der Waals surface area contributed by atoms with Crippen LogP contribution in [-0.4, -0.2) is 53.5 Å². The Bertz CT molecular complexity index is 777. The van der Waals surface area contributed by atoms with Gasteiger partial charge in [0.1, 0.15) is 18.0 Å². The van der Waals surface area contributed by atoms with E-state index in [0.717, 1.165) is 22.4 Å². The summed E-state index contributed by atoms with van der Waals surface area (Å²) >= 11 is 6.41. The van der Waals surface area contributed by atoms with Crippen LogP contribution in [0.25, 0.3) is 0 Å². The first kappa shape index (κ1) is 21.1. The SMILES string of the molecule is CCOc1ccc(Cc2cc([C@@H]3CC(OC)[C@@H](O)[C@H](O)[C@H]3O)ccc2Cl)cc1. The third-order valence-corrected chi connectivity index (χ3v) is 5.78. The Kier molecular flexibility index (Phi) is 6.96. The van der Waals surface area contributed by atoms with Gasteiger partial charge in [-0.2, -0.15) is 0 Å². The van der Waals surface area contributed by atoms with Crippen molar-refractivity contribution < 1.29 is 24.8 Å². The molecular formula is C22H27ClO5. The summed E-state index contributed by atoms with van der Waals surface area (Å²) in [6.45, 7) is 2.57. The summed E-state index contributed by atoms with van der Waals surface area (Å²) in [5.41, 5.74) is 2.90. The molecule has 0 heterocycles. The van der Waals surface area contributed by atoms with Crippen LogP contribution in [0.2, 0.25) is 5.02 Å². The molecule has 2 aromatic carbocycles. The maximum Gasteiger partial charge on any atom is 0.119 e. The van der Waals surface area contributed by atoms with Crippen molar-refractivity contribution in [2.75, 3.05) is 13.7 Å². The Morgan fingerprint density at radius 1 is 1.00 bits per heavy atom. The zero-order chi connectivity index (χ0) is 20.3. The lowest BCUT2D eigenvalue weighted by Gasteiger charge is -2.40. The third kappa shape index (κ3) is 4.50. The Morgan fingerprint density at radius 2 is 1.71 bits per heavy atom. The average Bonchev–Trinajstić information content (AvgIpc) is 2.70. The predicted octanol–water partition coefficient (Wildman–Crippen LogP) is 2.91. The van der Waals surface area contributed by atoms with E-state index < -0.39 is 24.4 Å². The van der Waals surface area contributed by atoms with Crippen LogP contribution in [0, 0.1) is 0 Å². The van der Waals surface area contributed by atoms with Gasteiger partial charge in [-0.05, 0) is 54.7 Å². The van der Waals surface area contributed by atoms with Crippen LogP contribution in [0.1, 0.15) is 36.0 Å². The molecule has 0 saturated heterocycles. The highest BCUT2D eigenvalue weighted by Gasteiger charge is 2.43. The number of halogens is 1. The fraction of sp³-hybridized carbons (Fsp3) is 0.455. The summed E-state index contributed by atoms with van der Waals surface area (Å²) in [7, 11) is 1.49. The third-order valence-electron chi connectivity index (χ3n) is 5.41. The van der Waals surface area contributed by atoms with Crippen molar-refractivity contribution in [1.82, 2.24) is 0 Å². The summed E-state index contributed by atoms with van der Waals surface area (Å²) < 4.78 is 10.8. The number of hydrogen-bond donors (Lipinski definition) is 3. The summed E-state index contributed by atoms with van der Waals surface area (Å²) in [6.07, 6.45) is -2.91. The van der Waals surface area contributed by atoms with Gasteiger partial charge in [-0.1, -0.05) is 35.9 Å². The molecule has 2 aromatic rings. The van der Waals surface area contributed by atoms with Crippen LogP contribution >= 0.6 is 11.6 Å². The number of rotatable bonds is 6. The van der Waals surface area contributed by atoms with Gasteiger partial charge in [0.25, 0.3) is 0 Å². The van der Waals surface area contributed by atoms with Crippen LogP contribution in [-0.2, 0) is 11.2 Å². The van der Waals surface area contributed by atoms with Crippen molar-refractivity contribution in [1.29, 1.82) is 0 Å². The first-order chi connectivity index (χ1) is 13.4. The molecule has 0 radical (unpaired) electrons. The lowest BCUT2D eigenvalue weighted by molar-refractivity contribution is -0.152. The highest BCUT2D eigenvalue weighted by molar-refractivity contribution is 6.31. The molecule has 0 amide bonds. The van der Waals surface area contributed by atoms with Crippen LogP contribution in [0.3, 0.4) is 0 Å². The normalized spacial score (nSPS) is 27.6. The number of methoxy groups -OCH3 is 1. The topological polar surface area (TPSA) is 79.2 Å². The second-order valence-electron chi connectivity index (χ2n) is 7.19. The quantitative estimate of drug-likeness (QED) is 0.687. The van der Waals surface area contributed by atoms with Gasteiger partial charge in [0.2, 0.25) is 0 Å². The van der Waals surface area contributed by atoms with E-state index in [0.29, 0.717) is 24.5 Å². The predicted molar refractivity (Wildman–Crippen MR) is 108 cm³/mol.